The van der Waals surface area contributed by atoms with E-state index in [0.717, 1.165) is 0 Å². The van der Waals surface area contributed by atoms with E-state index in [2.05, 4.69) is 4.98 Å². The minimum atomic E-state index is -1.01. The maximum Gasteiger partial charge on any atom is 0.356 e. The predicted octanol–water partition coefficient (Wildman–Crippen LogP) is 1.31. The second-order valence-electron chi connectivity index (χ2n) is 3.28. The lowest BCUT2D eigenvalue weighted by Gasteiger charge is -2.09. The molecule has 0 aliphatic carbocycles. The normalized spacial score (nSPS) is 10.9. The Labute approximate surface area is 82.3 Å². The summed E-state index contributed by atoms with van der Waals surface area (Å²) in [5.41, 5.74) is 0.0609. The van der Waals surface area contributed by atoms with Crippen LogP contribution in [0, 0.1) is 0 Å². The molecule has 0 aliphatic heterocycles. The van der Waals surface area contributed by atoms with Gasteiger partial charge in [0.15, 0.2) is 5.69 Å². The van der Waals surface area contributed by atoms with Crippen molar-refractivity contribution in [1.82, 2.24) is 9.55 Å². The van der Waals surface area contributed by atoms with Gasteiger partial charge in [-0.2, -0.15) is 0 Å². The number of aromatic nitrogens is 2. The van der Waals surface area contributed by atoms with E-state index in [0.29, 0.717) is 12.4 Å². The van der Waals surface area contributed by atoms with Crippen LogP contribution in [0.4, 0.5) is 0 Å². The lowest BCUT2D eigenvalue weighted by Crippen LogP contribution is -2.05. The largest absolute Gasteiger partial charge is 0.476 e. The summed E-state index contributed by atoms with van der Waals surface area (Å²) >= 11 is 0. The molecule has 0 spiro atoms. The Morgan fingerprint density at radius 3 is 2.79 bits per heavy atom. The van der Waals surface area contributed by atoms with Gasteiger partial charge in [-0.15, -0.1) is 0 Å². The Balaban J connectivity index is 3.05. The van der Waals surface area contributed by atoms with Gasteiger partial charge in [-0.25, -0.2) is 9.78 Å². The van der Waals surface area contributed by atoms with Crippen LogP contribution < -0.4 is 0 Å². The molecule has 0 amide bonds. The van der Waals surface area contributed by atoms with Gasteiger partial charge >= 0.3 is 5.97 Å². The topological polar surface area (TPSA) is 64.3 Å². The molecule has 0 unspecified atom stereocenters. The van der Waals surface area contributed by atoms with E-state index in [1.807, 2.05) is 13.8 Å². The SMILES string of the molecule is COCc1nc(C(=O)O)cn1C(C)C. The third-order valence-corrected chi connectivity index (χ3v) is 1.86. The predicted molar refractivity (Wildman–Crippen MR) is 50.3 cm³/mol. The highest BCUT2D eigenvalue weighted by atomic mass is 16.5. The summed E-state index contributed by atoms with van der Waals surface area (Å²) in [5, 5.41) is 8.76. The number of methoxy groups -OCH3 is 1. The lowest BCUT2D eigenvalue weighted by molar-refractivity contribution is 0.0690. The van der Waals surface area contributed by atoms with Gasteiger partial charge < -0.3 is 14.4 Å². The van der Waals surface area contributed by atoms with Gasteiger partial charge in [0.1, 0.15) is 12.4 Å². The molecule has 0 fully saturated rings. The average molecular weight is 198 g/mol. The van der Waals surface area contributed by atoms with Crippen molar-refractivity contribution in [3.63, 3.8) is 0 Å². The standard InChI is InChI=1S/C9H14N2O3/c1-6(2)11-4-7(9(12)13)10-8(11)5-14-3/h4,6H,5H2,1-3H3,(H,12,13). The van der Waals surface area contributed by atoms with Gasteiger partial charge in [0.25, 0.3) is 0 Å². The van der Waals surface area contributed by atoms with Crippen LogP contribution in [-0.4, -0.2) is 27.7 Å². The minimum absolute atomic E-state index is 0.0609. The fourth-order valence-electron chi connectivity index (χ4n) is 1.22. The summed E-state index contributed by atoms with van der Waals surface area (Å²) in [4.78, 5) is 14.6. The maximum absolute atomic E-state index is 10.7. The molecule has 0 aliphatic rings. The van der Waals surface area contributed by atoms with Gasteiger partial charge in [0.05, 0.1) is 0 Å². The Morgan fingerprint density at radius 2 is 2.36 bits per heavy atom. The third-order valence-electron chi connectivity index (χ3n) is 1.86. The molecule has 0 saturated carbocycles. The molecule has 1 aromatic heterocycles. The summed E-state index contributed by atoms with van der Waals surface area (Å²) in [6, 6.07) is 0.181. The van der Waals surface area contributed by atoms with Crippen LogP contribution in [0.1, 0.15) is 36.2 Å². The molecule has 1 heterocycles. The monoisotopic (exact) mass is 198 g/mol. The van der Waals surface area contributed by atoms with E-state index >= 15 is 0 Å². The van der Waals surface area contributed by atoms with Crippen molar-refractivity contribution in [3.05, 3.63) is 17.7 Å². The van der Waals surface area contributed by atoms with Crippen LogP contribution >= 0.6 is 0 Å². The number of nitrogens with zero attached hydrogens (tertiary/aromatic N) is 2. The molecule has 5 nitrogen and oxygen atoms in total. The van der Waals surface area contributed by atoms with Gasteiger partial charge in [0, 0.05) is 19.3 Å². The smallest absolute Gasteiger partial charge is 0.356 e. The molecule has 0 aromatic carbocycles. The van der Waals surface area contributed by atoms with E-state index in [9.17, 15) is 4.79 Å². The van der Waals surface area contributed by atoms with Crippen LogP contribution in [0.2, 0.25) is 0 Å². The zero-order valence-electron chi connectivity index (χ0n) is 8.52. The number of ether oxygens (including phenoxy) is 1. The third kappa shape index (κ3) is 2.11. The first kappa shape index (κ1) is 10.7. The van der Waals surface area contributed by atoms with Crippen molar-refractivity contribution in [2.45, 2.75) is 26.5 Å². The van der Waals surface area contributed by atoms with Crippen molar-refractivity contribution >= 4 is 5.97 Å². The first-order chi connectivity index (χ1) is 6.56. The van der Waals surface area contributed by atoms with Crippen LogP contribution in [0.25, 0.3) is 0 Å². The fourth-order valence-corrected chi connectivity index (χ4v) is 1.22. The van der Waals surface area contributed by atoms with Gasteiger partial charge in [-0.3, -0.25) is 0 Å². The van der Waals surface area contributed by atoms with Gasteiger partial charge in [0.2, 0.25) is 0 Å². The molecule has 0 atom stereocenters. The minimum Gasteiger partial charge on any atom is -0.476 e. The Hall–Kier alpha value is -1.36. The van der Waals surface area contributed by atoms with E-state index in [1.54, 1.807) is 11.7 Å². The first-order valence-corrected chi connectivity index (χ1v) is 4.36. The number of aromatic carboxylic acids is 1. The molecule has 78 valence electrons. The molecule has 0 saturated heterocycles. The highest BCUT2D eigenvalue weighted by Gasteiger charge is 2.14. The second kappa shape index (κ2) is 4.23. The van der Waals surface area contributed by atoms with Crippen molar-refractivity contribution < 1.29 is 14.6 Å². The number of hydrogen-bond donors (Lipinski definition) is 1. The molecule has 1 aromatic rings. The number of carboxylic acids is 1. The van der Waals surface area contributed by atoms with Crippen molar-refractivity contribution in [1.29, 1.82) is 0 Å². The highest BCUT2D eigenvalue weighted by Crippen LogP contribution is 2.12. The number of imidazole rings is 1. The molecule has 0 bridgehead atoms. The summed E-state index contributed by atoms with van der Waals surface area (Å²) in [6.45, 7) is 4.25. The summed E-state index contributed by atoms with van der Waals surface area (Å²) < 4.78 is 6.73. The van der Waals surface area contributed by atoms with Crippen molar-refractivity contribution in [2.75, 3.05) is 7.11 Å². The molecular formula is C9H14N2O3. The summed E-state index contributed by atoms with van der Waals surface area (Å²) in [5.74, 6) is -0.373. The zero-order valence-corrected chi connectivity index (χ0v) is 8.52. The van der Waals surface area contributed by atoms with Gasteiger partial charge in [-0.1, -0.05) is 0 Å². The van der Waals surface area contributed by atoms with Crippen molar-refractivity contribution in [3.8, 4) is 0 Å². The summed E-state index contributed by atoms with van der Waals surface area (Å²) in [7, 11) is 1.56. The highest BCUT2D eigenvalue weighted by molar-refractivity contribution is 5.85. The molecule has 1 rings (SSSR count). The quantitative estimate of drug-likeness (QED) is 0.792. The molecule has 1 N–H and O–H groups in total. The average Bonchev–Trinajstić information content (AvgIpc) is 2.49. The number of carbonyl (C=O) groups is 1. The molecule has 5 heteroatoms. The maximum atomic E-state index is 10.7. The molecular weight excluding hydrogens is 184 g/mol. The van der Waals surface area contributed by atoms with E-state index < -0.39 is 5.97 Å². The van der Waals surface area contributed by atoms with E-state index in [1.165, 1.54) is 6.20 Å². The van der Waals surface area contributed by atoms with Gasteiger partial charge in [-0.05, 0) is 13.8 Å². The van der Waals surface area contributed by atoms with E-state index in [-0.39, 0.29) is 11.7 Å². The zero-order chi connectivity index (χ0) is 10.7. The Bertz CT molecular complexity index is 331. The summed E-state index contributed by atoms with van der Waals surface area (Å²) in [6.07, 6.45) is 1.53. The molecule has 14 heavy (non-hydrogen) atoms. The van der Waals surface area contributed by atoms with Crippen LogP contribution in [0.5, 0.6) is 0 Å². The van der Waals surface area contributed by atoms with Crippen molar-refractivity contribution in [2.24, 2.45) is 0 Å². The number of rotatable bonds is 4. The van der Waals surface area contributed by atoms with E-state index in [4.69, 9.17) is 9.84 Å². The van der Waals surface area contributed by atoms with Crippen LogP contribution in [0.15, 0.2) is 6.20 Å². The number of carboxylic acid groups (broad SMARTS) is 1. The lowest BCUT2D eigenvalue weighted by atomic mass is 10.4. The fraction of sp³-hybridized carbons (Fsp3) is 0.556. The second-order valence-corrected chi connectivity index (χ2v) is 3.28. The van der Waals surface area contributed by atoms with Crippen LogP contribution in [0.3, 0.4) is 0 Å². The Morgan fingerprint density at radius 1 is 1.71 bits per heavy atom. The first-order valence-electron chi connectivity index (χ1n) is 4.36. The Kier molecular flexibility index (Phi) is 3.24. The molecule has 0 radical (unpaired) electrons. The number of hydrogen-bond acceptors (Lipinski definition) is 3. The van der Waals surface area contributed by atoms with Crippen LogP contribution in [-0.2, 0) is 11.3 Å².